The highest BCUT2D eigenvalue weighted by Crippen LogP contribution is 2.13. The predicted molar refractivity (Wildman–Crippen MR) is 76.4 cm³/mol. The summed E-state index contributed by atoms with van der Waals surface area (Å²) < 4.78 is 26.2. The van der Waals surface area contributed by atoms with E-state index in [4.69, 9.17) is 5.11 Å². The van der Waals surface area contributed by atoms with Gasteiger partial charge in [0.25, 0.3) is 0 Å². The van der Waals surface area contributed by atoms with Gasteiger partial charge in [-0.2, -0.15) is 0 Å². The smallest absolute Gasteiger partial charge is 0.307 e. The molecule has 1 atom stereocenters. The molecule has 114 valence electrons. The Morgan fingerprint density at radius 3 is 2.11 bits per heavy atom. The van der Waals surface area contributed by atoms with E-state index < -0.39 is 21.9 Å². The molecule has 0 aromatic carbocycles. The number of hydrogen-bond donors (Lipinski definition) is 2. The van der Waals surface area contributed by atoms with E-state index in [2.05, 4.69) is 4.72 Å². The molecule has 0 aromatic rings. The van der Waals surface area contributed by atoms with Crippen LogP contribution in [0.3, 0.4) is 0 Å². The number of carbonyl (C=O) groups is 1. The molecule has 0 heterocycles. The minimum Gasteiger partial charge on any atom is -0.481 e. The van der Waals surface area contributed by atoms with Crippen LogP contribution in [0.15, 0.2) is 0 Å². The Kier molecular flexibility index (Phi) is 8.25. The maximum absolute atomic E-state index is 11.9. The molecular formula is C13H27NO4S. The van der Waals surface area contributed by atoms with Gasteiger partial charge in [-0.25, -0.2) is 13.1 Å². The molecule has 1 unspecified atom stereocenters. The van der Waals surface area contributed by atoms with Crippen LogP contribution >= 0.6 is 0 Å². The quantitative estimate of drug-likeness (QED) is 0.646. The van der Waals surface area contributed by atoms with E-state index in [1.54, 1.807) is 0 Å². The molecule has 0 saturated carbocycles. The average molecular weight is 293 g/mol. The first-order chi connectivity index (χ1) is 8.71. The van der Waals surface area contributed by atoms with Crippen LogP contribution in [0.5, 0.6) is 0 Å². The first-order valence-electron chi connectivity index (χ1n) is 6.91. The van der Waals surface area contributed by atoms with Gasteiger partial charge in [0.1, 0.15) is 0 Å². The van der Waals surface area contributed by atoms with Crippen LogP contribution in [0.4, 0.5) is 0 Å². The average Bonchev–Trinajstić information content (AvgIpc) is 2.30. The number of carboxylic acid groups (broad SMARTS) is 1. The standard InChI is InChI=1S/C13H27NO4S/c1-5-11(6-2)9-19(17,18)14-8-12(13(15)16)7-10(3)4/h10-12,14H,5-9H2,1-4H3,(H,15,16). The fourth-order valence-corrected chi connectivity index (χ4v) is 3.63. The Labute approximate surface area is 116 Å². The van der Waals surface area contributed by atoms with Gasteiger partial charge < -0.3 is 5.11 Å². The van der Waals surface area contributed by atoms with Gasteiger partial charge in [0.05, 0.1) is 11.7 Å². The van der Waals surface area contributed by atoms with Crippen molar-refractivity contribution in [3.05, 3.63) is 0 Å². The van der Waals surface area contributed by atoms with Crippen LogP contribution in [0.1, 0.15) is 47.0 Å². The summed E-state index contributed by atoms with van der Waals surface area (Å²) in [6.45, 7) is 7.75. The second-order valence-corrected chi connectivity index (χ2v) is 7.33. The van der Waals surface area contributed by atoms with Crippen LogP contribution in [-0.2, 0) is 14.8 Å². The molecule has 0 radical (unpaired) electrons. The van der Waals surface area contributed by atoms with Crippen molar-refractivity contribution < 1.29 is 18.3 Å². The maximum atomic E-state index is 11.9. The Morgan fingerprint density at radius 2 is 1.74 bits per heavy atom. The lowest BCUT2D eigenvalue weighted by molar-refractivity contribution is -0.142. The van der Waals surface area contributed by atoms with Crippen LogP contribution < -0.4 is 4.72 Å². The van der Waals surface area contributed by atoms with Gasteiger partial charge >= 0.3 is 5.97 Å². The van der Waals surface area contributed by atoms with E-state index >= 15 is 0 Å². The normalized spacial score (nSPS) is 14.0. The van der Waals surface area contributed by atoms with Crippen molar-refractivity contribution in [2.24, 2.45) is 17.8 Å². The largest absolute Gasteiger partial charge is 0.481 e. The second kappa shape index (κ2) is 8.53. The van der Waals surface area contributed by atoms with Gasteiger partial charge in [-0.3, -0.25) is 4.79 Å². The lowest BCUT2D eigenvalue weighted by Gasteiger charge is -2.17. The first kappa shape index (κ1) is 18.4. The third kappa shape index (κ3) is 8.21. The Bertz CT molecular complexity index is 361. The van der Waals surface area contributed by atoms with E-state index in [0.29, 0.717) is 6.42 Å². The number of sulfonamides is 1. The van der Waals surface area contributed by atoms with Gasteiger partial charge in [-0.15, -0.1) is 0 Å². The fraction of sp³-hybridized carbons (Fsp3) is 0.923. The van der Waals surface area contributed by atoms with E-state index in [9.17, 15) is 13.2 Å². The molecule has 0 aliphatic carbocycles. The Balaban J connectivity index is 4.45. The van der Waals surface area contributed by atoms with Gasteiger partial charge in [0.2, 0.25) is 10.0 Å². The Morgan fingerprint density at radius 1 is 1.21 bits per heavy atom. The molecule has 0 aliphatic rings. The zero-order chi connectivity index (χ0) is 15.1. The maximum Gasteiger partial charge on any atom is 0.307 e. The third-order valence-electron chi connectivity index (χ3n) is 3.26. The Hall–Kier alpha value is -0.620. The monoisotopic (exact) mass is 293 g/mol. The topological polar surface area (TPSA) is 83.5 Å². The molecule has 0 amide bonds. The summed E-state index contributed by atoms with van der Waals surface area (Å²) >= 11 is 0. The van der Waals surface area contributed by atoms with Crippen molar-refractivity contribution in [2.75, 3.05) is 12.3 Å². The van der Waals surface area contributed by atoms with Gasteiger partial charge in [0, 0.05) is 6.54 Å². The summed E-state index contributed by atoms with van der Waals surface area (Å²) in [5.74, 6) is -1.17. The van der Waals surface area contributed by atoms with Gasteiger partial charge in [-0.1, -0.05) is 40.5 Å². The highest BCUT2D eigenvalue weighted by Gasteiger charge is 2.23. The summed E-state index contributed by atoms with van der Waals surface area (Å²) in [7, 11) is -3.38. The molecular weight excluding hydrogens is 266 g/mol. The second-order valence-electron chi connectivity index (χ2n) is 5.48. The minimum atomic E-state index is -3.38. The van der Waals surface area contributed by atoms with Crippen molar-refractivity contribution in [3.63, 3.8) is 0 Å². The highest BCUT2D eigenvalue weighted by molar-refractivity contribution is 7.89. The number of rotatable bonds is 10. The van der Waals surface area contributed by atoms with E-state index in [1.165, 1.54) is 0 Å². The molecule has 0 saturated heterocycles. The number of aliphatic carboxylic acids is 1. The van der Waals surface area contributed by atoms with E-state index in [-0.39, 0.29) is 24.1 Å². The van der Waals surface area contributed by atoms with Crippen LogP contribution in [0.2, 0.25) is 0 Å². The first-order valence-corrected chi connectivity index (χ1v) is 8.57. The molecule has 0 fully saturated rings. The molecule has 0 rings (SSSR count). The minimum absolute atomic E-state index is 0.0179. The van der Waals surface area contributed by atoms with E-state index in [0.717, 1.165) is 12.8 Å². The molecule has 2 N–H and O–H groups in total. The molecule has 6 heteroatoms. The lowest BCUT2D eigenvalue weighted by atomic mass is 9.98. The number of nitrogens with one attached hydrogen (secondary N) is 1. The fourth-order valence-electron chi connectivity index (χ4n) is 1.96. The van der Waals surface area contributed by atoms with Gasteiger partial charge in [-0.05, 0) is 18.3 Å². The lowest BCUT2D eigenvalue weighted by Crippen LogP contribution is -2.36. The number of hydrogen-bond acceptors (Lipinski definition) is 3. The predicted octanol–water partition coefficient (Wildman–Crippen LogP) is 2.09. The molecule has 19 heavy (non-hydrogen) atoms. The van der Waals surface area contributed by atoms with Crippen molar-refractivity contribution in [1.29, 1.82) is 0 Å². The van der Waals surface area contributed by atoms with Crippen LogP contribution in [0.25, 0.3) is 0 Å². The third-order valence-corrected chi connectivity index (χ3v) is 4.78. The van der Waals surface area contributed by atoms with E-state index in [1.807, 2.05) is 27.7 Å². The zero-order valence-corrected chi connectivity index (χ0v) is 13.2. The molecule has 5 nitrogen and oxygen atoms in total. The number of carboxylic acids is 1. The van der Waals surface area contributed by atoms with Gasteiger partial charge in [0.15, 0.2) is 0 Å². The highest BCUT2D eigenvalue weighted by atomic mass is 32.2. The summed E-state index contributed by atoms with van der Waals surface area (Å²) in [6.07, 6.45) is 2.10. The van der Waals surface area contributed by atoms with Crippen molar-refractivity contribution in [1.82, 2.24) is 4.72 Å². The summed E-state index contributed by atoms with van der Waals surface area (Å²) in [4.78, 5) is 11.1. The van der Waals surface area contributed by atoms with Crippen LogP contribution in [-0.4, -0.2) is 31.8 Å². The van der Waals surface area contributed by atoms with Crippen molar-refractivity contribution >= 4 is 16.0 Å². The van der Waals surface area contributed by atoms with Crippen molar-refractivity contribution in [3.8, 4) is 0 Å². The van der Waals surface area contributed by atoms with Crippen LogP contribution in [0, 0.1) is 17.8 Å². The molecule has 0 bridgehead atoms. The SMILES string of the molecule is CCC(CC)CS(=O)(=O)NCC(CC(C)C)C(=O)O. The zero-order valence-electron chi connectivity index (χ0n) is 12.3. The summed E-state index contributed by atoms with van der Waals surface area (Å²) in [6, 6.07) is 0. The van der Waals surface area contributed by atoms with Crippen molar-refractivity contribution in [2.45, 2.75) is 47.0 Å². The molecule has 0 aliphatic heterocycles. The molecule has 0 aromatic heterocycles. The summed E-state index contributed by atoms with van der Waals surface area (Å²) in [5.41, 5.74) is 0. The molecule has 0 spiro atoms. The summed E-state index contributed by atoms with van der Waals surface area (Å²) in [5, 5.41) is 9.06.